The van der Waals surface area contributed by atoms with Crippen LogP contribution < -0.4 is 51.4 Å². The summed E-state index contributed by atoms with van der Waals surface area (Å²) in [7, 11) is 0. The molecule has 74 valence electrons. The zero-order valence-electron chi connectivity index (χ0n) is 8.21. The zero-order chi connectivity index (χ0) is 10.2. The smallest absolute Gasteiger partial charge is 0.449 e. The Bertz CT molecular complexity index is 452. The fraction of sp³-hybridized carbons (Fsp3) is 0.111. The van der Waals surface area contributed by atoms with Gasteiger partial charge >= 0.3 is 58.4 Å². The Morgan fingerprint density at radius 1 is 1.13 bits per heavy atom. The molecule has 15 heavy (non-hydrogen) atoms. The fourth-order valence-corrected chi connectivity index (χ4v) is 2.42. The summed E-state index contributed by atoms with van der Waals surface area (Å²) in [5, 5.41) is 2.33. The molecule has 0 fully saturated rings. The van der Waals surface area contributed by atoms with Gasteiger partial charge in [0, 0.05) is 4.70 Å². The van der Waals surface area contributed by atoms with E-state index in [2.05, 4.69) is 0 Å². The number of hydrogen-bond acceptors (Lipinski definition) is 1. The van der Waals surface area contributed by atoms with E-state index in [9.17, 15) is 12.9 Å². The maximum absolute atomic E-state index is 12.2. The second-order valence-corrected chi connectivity index (χ2v) is 4.08. The predicted octanol–water partition coefficient (Wildman–Crippen LogP) is 0.834. The summed E-state index contributed by atoms with van der Waals surface area (Å²) in [5.74, 6) is 0. The van der Waals surface area contributed by atoms with E-state index in [1.807, 2.05) is 12.1 Å². The molecule has 0 saturated heterocycles. The predicted molar refractivity (Wildman–Crippen MR) is 54.6 cm³/mol. The van der Waals surface area contributed by atoms with Crippen molar-refractivity contribution in [2.75, 3.05) is 0 Å². The first-order valence-electron chi connectivity index (χ1n) is 4.22. The average molecular weight is 254 g/mol. The summed E-state index contributed by atoms with van der Waals surface area (Å²) in [6, 6.07) is 7.18. The van der Waals surface area contributed by atoms with Crippen molar-refractivity contribution in [3.05, 3.63) is 35.2 Å². The first-order chi connectivity index (χ1) is 6.56. The van der Waals surface area contributed by atoms with Crippen LogP contribution in [-0.4, -0.2) is 6.98 Å². The number of fused-ring (bicyclic) bond motifs is 1. The Hall–Kier alpha value is 0.671. The topological polar surface area (TPSA) is 0 Å². The van der Waals surface area contributed by atoms with E-state index in [4.69, 9.17) is 0 Å². The fourth-order valence-electron chi connectivity index (χ4n) is 1.44. The van der Waals surface area contributed by atoms with Crippen LogP contribution in [0.1, 0.15) is 5.56 Å². The molecular formula is C9H7BF3KS. The van der Waals surface area contributed by atoms with Crippen molar-refractivity contribution in [1.82, 2.24) is 0 Å². The standard InChI is InChI=1S/C9H7BF3S.K/c11-10(12,13)5-7-6-14-9-4-2-1-3-8(7)9;/h1-4,6H,5H2;/q-1;+1. The van der Waals surface area contributed by atoms with Crippen LogP contribution in [-0.2, 0) is 6.32 Å². The van der Waals surface area contributed by atoms with E-state index in [1.165, 1.54) is 11.3 Å². The van der Waals surface area contributed by atoms with E-state index >= 15 is 0 Å². The molecule has 0 radical (unpaired) electrons. The molecule has 0 nitrogen and oxygen atoms in total. The molecule has 2 aromatic rings. The average Bonchev–Trinajstić information content (AvgIpc) is 2.47. The normalized spacial score (nSPS) is 11.4. The Kier molecular flexibility index (Phi) is 4.89. The first kappa shape index (κ1) is 13.7. The van der Waals surface area contributed by atoms with Gasteiger partial charge in [-0.05, 0) is 16.8 Å². The monoisotopic (exact) mass is 254 g/mol. The van der Waals surface area contributed by atoms with Crippen LogP contribution in [0.25, 0.3) is 10.1 Å². The summed E-state index contributed by atoms with van der Waals surface area (Å²) in [6.07, 6.45) is -0.774. The van der Waals surface area contributed by atoms with Gasteiger partial charge in [-0.25, -0.2) is 0 Å². The van der Waals surface area contributed by atoms with Gasteiger partial charge in [0.1, 0.15) is 0 Å². The molecule has 2 rings (SSSR count). The summed E-state index contributed by atoms with van der Waals surface area (Å²) in [4.78, 5) is 0. The SMILES string of the molecule is F[B-](F)(F)Cc1csc2ccccc12.[K+]. The van der Waals surface area contributed by atoms with E-state index < -0.39 is 13.3 Å². The van der Waals surface area contributed by atoms with E-state index in [-0.39, 0.29) is 51.4 Å². The van der Waals surface area contributed by atoms with Gasteiger partial charge < -0.3 is 12.9 Å². The van der Waals surface area contributed by atoms with Gasteiger partial charge in [-0.1, -0.05) is 30.1 Å². The van der Waals surface area contributed by atoms with Crippen LogP contribution in [0.2, 0.25) is 0 Å². The summed E-state index contributed by atoms with van der Waals surface area (Å²) in [5.41, 5.74) is 0.401. The van der Waals surface area contributed by atoms with Crippen LogP contribution >= 0.6 is 11.3 Å². The second kappa shape index (κ2) is 5.34. The molecule has 0 amide bonds. The van der Waals surface area contributed by atoms with Gasteiger partial charge in [-0.3, -0.25) is 0 Å². The zero-order valence-corrected chi connectivity index (χ0v) is 12.2. The quantitative estimate of drug-likeness (QED) is 0.696. The maximum atomic E-state index is 12.2. The summed E-state index contributed by atoms with van der Waals surface area (Å²) < 4.78 is 37.6. The van der Waals surface area contributed by atoms with E-state index in [0.717, 1.165) is 10.1 Å². The number of rotatable bonds is 2. The number of halogens is 3. The minimum Gasteiger partial charge on any atom is -0.449 e. The molecule has 0 atom stereocenters. The largest absolute Gasteiger partial charge is 1.00 e. The Labute approximate surface area is 132 Å². The first-order valence-corrected chi connectivity index (χ1v) is 5.10. The minimum absolute atomic E-state index is 0. The van der Waals surface area contributed by atoms with E-state index in [0.29, 0.717) is 5.56 Å². The van der Waals surface area contributed by atoms with Crippen molar-refractivity contribution in [2.45, 2.75) is 6.32 Å². The molecule has 0 bridgehead atoms. The third kappa shape index (κ3) is 3.57. The molecule has 0 N–H and O–H groups in total. The van der Waals surface area contributed by atoms with Gasteiger partial charge in [-0.15, -0.1) is 11.3 Å². The molecule has 0 aliphatic heterocycles. The number of hydrogen-bond donors (Lipinski definition) is 0. The molecule has 0 aliphatic rings. The van der Waals surface area contributed by atoms with Crippen molar-refractivity contribution < 1.29 is 64.3 Å². The van der Waals surface area contributed by atoms with Gasteiger partial charge in [-0.2, -0.15) is 0 Å². The maximum Gasteiger partial charge on any atom is 1.00 e. The third-order valence-electron chi connectivity index (χ3n) is 2.01. The van der Waals surface area contributed by atoms with Crippen molar-refractivity contribution >= 4 is 28.4 Å². The Morgan fingerprint density at radius 2 is 1.80 bits per heavy atom. The molecule has 1 heterocycles. The molecular weight excluding hydrogens is 247 g/mol. The molecule has 1 aromatic heterocycles. The summed E-state index contributed by atoms with van der Waals surface area (Å²) >= 11 is 1.36. The second-order valence-electron chi connectivity index (χ2n) is 3.17. The van der Waals surface area contributed by atoms with Crippen LogP contribution in [0.5, 0.6) is 0 Å². The van der Waals surface area contributed by atoms with Crippen molar-refractivity contribution in [3.8, 4) is 0 Å². The molecule has 0 spiro atoms. The molecule has 0 aliphatic carbocycles. The van der Waals surface area contributed by atoms with Gasteiger partial charge in [0.2, 0.25) is 0 Å². The van der Waals surface area contributed by atoms with Crippen molar-refractivity contribution in [1.29, 1.82) is 0 Å². The van der Waals surface area contributed by atoms with Crippen molar-refractivity contribution in [2.24, 2.45) is 0 Å². The molecule has 0 saturated carbocycles. The Morgan fingerprint density at radius 3 is 2.47 bits per heavy atom. The molecule has 0 unspecified atom stereocenters. The minimum atomic E-state index is -4.73. The van der Waals surface area contributed by atoms with E-state index in [1.54, 1.807) is 17.5 Å². The van der Waals surface area contributed by atoms with Crippen LogP contribution in [0.3, 0.4) is 0 Å². The van der Waals surface area contributed by atoms with Gasteiger partial charge in [0.15, 0.2) is 0 Å². The van der Waals surface area contributed by atoms with Gasteiger partial charge in [0.05, 0.1) is 0 Å². The van der Waals surface area contributed by atoms with Crippen molar-refractivity contribution in [3.63, 3.8) is 0 Å². The van der Waals surface area contributed by atoms with Crippen LogP contribution in [0.15, 0.2) is 29.6 Å². The van der Waals surface area contributed by atoms with Crippen LogP contribution in [0, 0.1) is 0 Å². The Balaban J connectivity index is 0.00000112. The number of thiophene rings is 1. The summed E-state index contributed by atoms with van der Waals surface area (Å²) in [6.45, 7) is -4.73. The van der Waals surface area contributed by atoms with Crippen LogP contribution in [0.4, 0.5) is 12.9 Å². The van der Waals surface area contributed by atoms with Gasteiger partial charge in [0.25, 0.3) is 0 Å². The molecule has 1 aromatic carbocycles. The number of benzene rings is 1. The third-order valence-corrected chi connectivity index (χ3v) is 3.02. The molecule has 6 heteroatoms.